The fourth-order valence-electron chi connectivity index (χ4n) is 1.70. The summed E-state index contributed by atoms with van der Waals surface area (Å²) < 4.78 is 13.0. The Morgan fingerprint density at radius 1 is 1.11 bits per heavy atom. The molecule has 18 heavy (non-hydrogen) atoms. The second-order valence-corrected chi connectivity index (χ2v) is 3.96. The van der Waals surface area contributed by atoms with E-state index in [2.05, 4.69) is 15.6 Å². The molecule has 0 aliphatic carbocycles. The molecule has 0 aliphatic heterocycles. The van der Waals surface area contributed by atoms with E-state index in [1.54, 1.807) is 12.1 Å². The first-order valence-corrected chi connectivity index (χ1v) is 5.91. The fraction of sp³-hybridized carbons (Fsp3) is 0.214. The molecule has 1 aromatic heterocycles. The number of aromatic nitrogens is 1. The Bertz CT molecular complexity index is 514. The maximum Gasteiger partial charge on any atom is 0.128 e. The van der Waals surface area contributed by atoms with Gasteiger partial charge in [0.1, 0.15) is 17.5 Å². The molecule has 0 spiro atoms. The standard InChI is InChI=1S/C14H16FN3/c1-16-13-6-3-7-14(18-13)17-9-8-11-4-2-5-12(15)10-11/h2-7,10H,8-9H2,1H3,(H2,16,17,18). The Morgan fingerprint density at radius 3 is 2.67 bits per heavy atom. The van der Waals surface area contributed by atoms with Crippen molar-refractivity contribution >= 4 is 11.6 Å². The first-order chi connectivity index (χ1) is 8.78. The number of nitrogens with zero attached hydrogens (tertiary/aromatic N) is 1. The van der Waals surface area contributed by atoms with Crippen LogP contribution in [0.25, 0.3) is 0 Å². The quantitative estimate of drug-likeness (QED) is 0.850. The third-order valence-electron chi connectivity index (χ3n) is 2.61. The third-order valence-corrected chi connectivity index (χ3v) is 2.61. The van der Waals surface area contributed by atoms with Crippen LogP contribution in [-0.2, 0) is 6.42 Å². The number of pyridine rings is 1. The number of hydrogen-bond donors (Lipinski definition) is 2. The van der Waals surface area contributed by atoms with Crippen LogP contribution in [0.4, 0.5) is 16.0 Å². The molecule has 94 valence electrons. The van der Waals surface area contributed by atoms with Crippen molar-refractivity contribution in [3.8, 4) is 0 Å². The van der Waals surface area contributed by atoms with E-state index in [4.69, 9.17) is 0 Å². The number of benzene rings is 1. The van der Waals surface area contributed by atoms with Crippen LogP contribution in [0.2, 0.25) is 0 Å². The van der Waals surface area contributed by atoms with E-state index in [-0.39, 0.29) is 5.82 Å². The average Bonchev–Trinajstić information content (AvgIpc) is 2.39. The molecule has 0 saturated carbocycles. The van der Waals surface area contributed by atoms with E-state index < -0.39 is 0 Å². The van der Waals surface area contributed by atoms with Crippen LogP contribution in [-0.4, -0.2) is 18.6 Å². The smallest absolute Gasteiger partial charge is 0.128 e. The molecule has 2 rings (SSSR count). The van der Waals surface area contributed by atoms with Crippen LogP contribution < -0.4 is 10.6 Å². The van der Waals surface area contributed by atoms with Gasteiger partial charge in [0.2, 0.25) is 0 Å². The lowest BCUT2D eigenvalue weighted by atomic mass is 10.1. The highest BCUT2D eigenvalue weighted by Crippen LogP contribution is 2.09. The van der Waals surface area contributed by atoms with Gasteiger partial charge >= 0.3 is 0 Å². The van der Waals surface area contributed by atoms with Gasteiger partial charge in [0, 0.05) is 13.6 Å². The van der Waals surface area contributed by atoms with Crippen molar-refractivity contribution in [2.75, 3.05) is 24.2 Å². The molecule has 0 unspecified atom stereocenters. The predicted octanol–water partition coefficient (Wildman–Crippen LogP) is 2.92. The van der Waals surface area contributed by atoms with Crippen LogP contribution in [0.1, 0.15) is 5.56 Å². The Morgan fingerprint density at radius 2 is 1.89 bits per heavy atom. The van der Waals surface area contributed by atoms with Gasteiger partial charge in [-0.3, -0.25) is 0 Å². The summed E-state index contributed by atoms with van der Waals surface area (Å²) >= 11 is 0. The molecule has 2 aromatic rings. The minimum Gasteiger partial charge on any atom is -0.373 e. The Labute approximate surface area is 106 Å². The van der Waals surface area contributed by atoms with Crippen molar-refractivity contribution in [3.05, 3.63) is 53.8 Å². The van der Waals surface area contributed by atoms with Gasteiger partial charge in [-0.1, -0.05) is 18.2 Å². The van der Waals surface area contributed by atoms with E-state index >= 15 is 0 Å². The predicted molar refractivity (Wildman–Crippen MR) is 72.4 cm³/mol. The zero-order valence-electron chi connectivity index (χ0n) is 10.3. The summed E-state index contributed by atoms with van der Waals surface area (Å²) in [5.41, 5.74) is 0.979. The maximum absolute atomic E-state index is 13.0. The molecule has 0 aliphatic rings. The van der Waals surface area contributed by atoms with E-state index in [0.717, 1.165) is 30.2 Å². The van der Waals surface area contributed by atoms with Crippen molar-refractivity contribution < 1.29 is 4.39 Å². The Kier molecular flexibility index (Phi) is 4.12. The number of hydrogen-bond acceptors (Lipinski definition) is 3. The lowest BCUT2D eigenvalue weighted by molar-refractivity contribution is 0.625. The molecule has 0 fully saturated rings. The van der Waals surface area contributed by atoms with Gasteiger partial charge in [0.15, 0.2) is 0 Å². The number of rotatable bonds is 5. The number of nitrogens with one attached hydrogen (secondary N) is 2. The molecule has 2 N–H and O–H groups in total. The second kappa shape index (κ2) is 6.00. The van der Waals surface area contributed by atoms with Gasteiger partial charge in [-0.2, -0.15) is 0 Å². The third kappa shape index (κ3) is 3.45. The van der Waals surface area contributed by atoms with Crippen LogP contribution in [0.3, 0.4) is 0 Å². The second-order valence-electron chi connectivity index (χ2n) is 3.96. The van der Waals surface area contributed by atoms with Crippen molar-refractivity contribution in [2.24, 2.45) is 0 Å². The summed E-state index contributed by atoms with van der Waals surface area (Å²) in [4.78, 5) is 4.34. The largest absolute Gasteiger partial charge is 0.373 e. The van der Waals surface area contributed by atoms with Crippen LogP contribution in [0.15, 0.2) is 42.5 Å². The summed E-state index contributed by atoms with van der Waals surface area (Å²) in [6.07, 6.45) is 0.767. The van der Waals surface area contributed by atoms with Gasteiger partial charge in [0.05, 0.1) is 0 Å². The summed E-state index contributed by atoms with van der Waals surface area (Å²) in [5.74, 6) is 1.45. The highest BCUT2D eigenvalue weighted by molar-refractivity contribution is 5.44. The van der Waals surface area contributed by atoms with Gasteiger partial charge in [-0.25, -0.2) is 9.37 Å². The van der Waals surface area contributed by atoms with Gasteiger partial charge in [-0.05, 0) is 36.2 Å². The van der Waals surface area contributed by atoms with Crippen LogP contribution >= 0.6 is 0 Å². The first kappa shape index (κ1) is 12.4. The molecule has 0 radical (unpaired) electrons. The molecule has 1 aromatic carbocycles. The van der Waals surface area contributed by atoms with Crippen molar-refractivity contribution in [3.63, 3.8) is 0 Å². The van der Waals surface area contributed by atoms with Crippen molar-refractivity contribution in [2.45, 2.75) is 6.42 Å². The van der Waals surface area contributed by atoms with Gasteiger partial charge < -0.3 is 10.6 Å². The first-order valence-electron chi connectivity index (χ1n) is 5.91. The van der Waals surface area contributed by atoms with E-state index in [1.807, 2.05) is 31.3 Å². The molecule has 3 nitrogen and oxygen atoms in total. The molecular formula is C14H16FN3. The zero-order valence-corrected chi connectivity index (χ0v) is 10.3. The minimum absolute atomic E-state index is 0.192. The van der Waals surface area contributed by atoms with E-state index in [0.29, 0.717) is 0 Å². The minimum atomic E-state index is -0.192. The van der Waals surface area contributed by atoms with E-state index in [9.17, 15) is 4.39 Å². The summed E-state index contributed by atoms with van der Waals surface area (Å²) in [7, 11) is 1.83. The lowest BCUT2D eigenvalue weighted by Crippen LogP contribution is -2.07. The molecule has 4 heteroatoms. The lowest BCUT2D eigenvalue weighted by Gasteiger charge is -2.07. The normalized spacial score (nSPS) is 10.1. The zero-order chi connectivity index (χ0) is 12.8. The molecule has 0 amide bonds. The average molecular weight is 245 g/mol. The van der Waals surface area contributed by atoms with Crippen molar-refractivity contribution in [1.29, 1.82) is 0 Å². The Balaban J connectivity index is 1.88. The molecule has 0 bridgehead atoms. The Hall–Kier alpha value is -2.10. The fourth-order valence-corrected chi connectivity index (χ4v) is 1.70. The molecular weight excluding hydrogens is 229 g/mol. The topological polar surface area (TPSA) is 37.0 Å². The summed E-state index contributed by atoms with van der Waals surface area (Å²) in [6, 6.07) is 12.4. The monoisotopic (exact) mass is 245 g/mol. The van der Waals surface area contributed by atoms with Gasteiger partial charge in [-0.15, -0.1) is 0 Å². The molecule has 0 atom stereocenters. The summed E-state index contributed by atoms with van der Waals surface area (Å²) in [5, 5.41) is 6.20. The molecule has 1 heterocycles. The van der Waals surface area contributed by atoms with Gasteiger partial charge in [0.25, 0.3) is 0 Å². The SMILES string of the molecule is CNc1cccc(NCCc2cccc(F)c2)n1. The highest BCUT2D eigenvalue weighted by atomic mass is 19.1. The number of halogens is 1. The van der Waals surface area contributed by atoms with Crippen molar-refractivity contribution in [1.82, 2.24) is 4.98 Å². The summed E-state index contributed by atoms with van der Waals surface area (Å²) in [6.45, 7) is 0.726. The maximum atomic E-state index is 13.0. The van der Waals surface area contributed by atoms with Crippen LogP contribution in [0.5, 0.6) is 0 Å². The van der Waals surface area contributed by atoms with E-state index in [1.165, 1.54) is 6.07 Å². The van der Waals surface area contributed by atoms with Crippen LogP contribution in [0, 0.1) is 5.82 Å². The number of anilines is 2. The molecule has 0 saturated heterocycles. The highest BCUT2D eigenvalue weighted by Gasteiger charge is 1.97.